The molecule has 0 radical (unpaired) electrons. The van der Waals surface area contributed by atoms with E-state index in [2.05, 4.69) is 29.3 Å². The summed E-state index contributed by atoms with van der Waals surface area (Å²) in [6.45, 7) is 5.99. The van der Waals surface area contributed by atoms with Crippen LogP contribution < -0.4 is 9.47 Å². The van der Waals surface area contributed by atoms with Crippen molar-refractivity contribution in [3.63, 3.8) is 0 Å². The van der Waals surface area contributed by atoms with E-state index in [1.807, 2.05) is 36.4 Å². The van der Waals surface area contributed by atoms with E-state index in [9.17, 15) is 4.79 Å². The second kappa shape index (κ2) is 19.6. The number of ether oxygens (including phenoxy) is 2. The van der Waals surface area contributed by atoms with Crippen LogP contribution >= 0.6 is 0 Å². The molecule has 0 saturated carbocycles. The van der Waals surface area contributed by atoms with Gasteiger partial charge in [0.2, 0.25) is 5.82 Å². The molecule has 1 aromatic heterocycles. The lowest BCUT2D eigenvalue weighted by molar-refractivity contribution is -0.128. The standard InChI is InChI=1S/C34H48N4O3/c1-3-5-7-9-11-13-15-27-38-36-34(35-37-38)30-20-24-32(25-21-30)41-33(39)26-19-29-17-22-31(23-18-29)40-28-16-14-12-10-8-6-4-2/h17-26H,3-16,27-28H2,1-2H3/b26-19+. The molecule has 3 aromatic rings. The summed E-state index contributed by atoms with van der Waals surface area (Å²) in [5.74, 6) is 1.45. The minimum atomic E-state index is -0.434. The summed E-state index contributed by atoms with van der Waals surface area (Å²) < 4.78 is 11.3. The van der Waals surface area contributed by atoms with E-state index in [4.69, 9.17) is 9.47 Å². The van der Waals surface area contributed by atoms with E-state index in [0.29, 0.717) is 11.6 Å². The van der Waals surface area contributed by atoms with Crippen LogP contribution in [0.5, 0.6) is 11.5 Å². The first-order valence-electron chi connectivity index (χ1n) is 15.7. The first-order valence-corrected chi connectivity index (χ1v) is 15.7. The second-order valence-corrected chi connectivity index (χ2v) is 10.6. The van der Waals surface area contributed by atoms with Crippen LogP contribution in [0.25, 0.3) is 17.5 Å². The van der Waals surface area contributed by atoms with Gasteiger partial charge in [-0.1, -0.05) is 103 Å². The maximum Gasteiger partial charge on any atom is 0.336 e. The predicted octanol–water partition coefficient (Wildman–Crippen LogP) is 8.84. The van der Waals surface area contributed by atoms with E-state index in [-0.39, 0.29) is 0 Å². The van der Waals surface area contributed by atoms with Crippen LogP contribution in [0, 0.1) is 0 Å². The zero-order valence-electron chi connectivity index (χ0n) is 25.1. The van der Waals surface area contributed by atoms with Crippen molar-refractivity contribution in [2.24, 2.45) is 0 Å². The Hall–Kier alpha value is -3.48. The van der Waals surface area contributed by atoms with Gasteiger partial charge in [0.15, 0.2) is 0 Å². The number of tetrazole rings is 1. The Morgan fingerprint density at radius 1 is 0.732 bits per heavy atom. The SMILES string of the molecule is CCCCCCCCCOc1ccc(/C=C/C(=O)Oc2ccc(-c3nnn(CCCCCCCCC)n3)cc2)cc1. The Balaban J connectivity index is 1.34. The summed E-state index contributed by atoms with van der Waals surface area (Å²) in [4.78, 5) is 14.0. The van der Waals surface area contributed by atoms with E-state index in [1.165, 1.54) is 83.1 Å². The number of rotatable bonds is 21. The largest absolute Gasteiger partial charge is 0.494 e. The Labute approximate surface area is 246 Å². The van der Waals surface area contributed by atoms with Gasteiger partial charge in [-0.15, -0.1) is 10.2 Å². The highest BCUT2D eigenvalue weighted by Gasteiger charge is 2.08. The van der Waals surface area contributed by atoms with Crippen LogP contribution in [0.4, 0.5) is 0 Å². The molecule has 0 aliphatic heterocycles. The Kier molecular flexibility index (Phi) is 15.3. The number of benzene rings is 2. The van der Waals surface area contributed by atoms with Crippen molar-refractivity contribution in [2.75, 3.05) is 6.61 Å². The van der Waals surface area contributed by atoms with Gasteiger partial charge in [0.1, 0.15) is 11.5 Å². The average Bonchev–Trinajstić information content (AvgIpc) is 3.47. The maximum absolute atomic E-state index is 12.3. The fraction of sp³-hybridized carbons (Fsp3) is 0.529. The molecule has 0 amide bonds. The smallest absolute Gasteiger partial charge is 0.336 e. The van der Waals surface area contributed by atoms with Gasteiger partial charge >= 0.3 is 5.97 Å². The van der Waals surface area contributed by atoms with Crippen LogP contribution in [0.2, 0.25) is 0 Å². The first kappa shape index (κ1) is 32.0. The number of aryl methyl sites for hydroxylation is 1. The second-order valence-electron chi connectivity index (χ2n) is 10.6. The topological polar surface area (TPSA) is 79.1 Å². The van der Waals surface area contributed by atoms with Gasteiger partial charge in [0, 0.05) is 11.6 Å². The highest BCUT2D eigenvalue weighted by atomic mass is 16.5. The molecule has 0 spiro atoms. The third-order valence-corrected chi connectivity index (χ3v) is 7.05. The molecule has 7 heteroatoms. The minimum Gasteiger partial charge on any atom is -0.494 e. The monoisotopic (exact) mass is 560 g/mol. The van der Waals surface area contributed by atoms with Crippen molar-refractivity contribution in [3.05, 3.63) is 60.2 Å². The summed E-state index contributed by atoms with van der Waals surface area (Å²) in [6.07, 6.45) is 20.8. The normalized spacial score (nSPS) is 11.3. The molecule has 0 fully saturated rings. The molecule has 0 unspecified atom stereocenters. The van der Waals surface area contributed by atoms with Gasteiger partial charge in [-0.3, -0.25) is 0 Å². The highest BCUT2D eigenvalue weighted by molar-refractivity contribution is 5.88. The fourth-order valence-corrected chi connectivity index (χ4v) is 4.57. The molecular weight excluding hydrogens is 512 g/mol. The molecule has 0 aliphatic carbocycles. The molecule has 1 heterocycles. The number of unbranched alkanes of at least 4 members (excludes halogenated alkanes) is 12. The van der Waals surface area contributed by atoms with Crippen molar-refractivity contribution < 1.29 is 14.3 Å². The summed E-state index contributed by atoms with van der Waals surface area (Å²) >= 11 is 0. The third kappa shape index (κ3) is 13.2. The van der Waals surface area contributed by atoms with Crippen molar-refractivity contribution in [1.29, 1.82) is 0 Å². The van der Waals surface area contributed by atoms with Crippen molar-refractivity contribution in [2.45, 2.75) is 110 Å². The molecule has 0 N–H and O–H groups in total. The molecule has 2 aromatic carbocycles. The van der Waals surface area contributed by atoms with E-state index in [1.54, 1.807) is 23.0 Å². The predicted molar refractivity (Wildman–Crippen MR) is 166 cm³/mol. The van der Waals surface area contributed by atoms with E-state index < -0.39 is 5.97 Å². The Morgan fingerprint density at radius 2 is 1.32 bits per heavy atom. The number of aromatic nitrogens is 4. The summed E-state index contributed by atoms with van der Waals surface area (Å²) in [5, 5.41) is 12.8. The molecule has 3 rings (SSSR count). The first-order chi connectivity index (χ1) is 20.2. The zero-order chi connectivity index (χ0) is 29.0. The third-order valence-electron chi connectivity index (χ3n) is 7.05. The number of hydrogen-bond acceptors (Lipinski definition) is 6. The molecular formula is C34H48N4O3. The van der Waals surface area contributed by atoms with Crippen LogP contribution in [0.3, 0.4) is 0 Å². The highest BCUT2D eigenvalue weighted by Crippen LogP contribution is 2.20. The van der Waals surface area contributed by atoms with E-state index >= 15 is 0 Å². The summed E-state index contributed by atoms with van der Waals surface area (Å²) in [6, 6.07) is 14.9. The molecule has 0 bridgehead atoms. The molecule has 222 valence electrons. The number of hydrogen-bond donors (Lipinski definition) is 0. The van der Waals surface area contributed by atoms with Crippen molar-refractivity contribution >= 4 is 12.0 Å². The fourth-order valence-electron chi connectivity index (χ4n) is 4.57. The van der Waals surface area contributed by atoms with Crippen LogP contribution in [-0.2, 0) is 11.3 Å². The minimum absolute atomic E-state index is 0.434. The number of nitrogens with zero attached hydrogens (tertiary/aromatic N) is 4. The Morgan fingerprint density at radius 3 is 1.98 bits per heavy atom. The van der Waals surface area contributed by atoms with Gasteiger partial charge in [-0.05, 0) is 66.1 Å². The Bertz CT molecular complexity index is 1140. The molecule has 0 saturated heterocycles. The number of carbonyl (C=O) groups excluding carboxylic acids is 1. The van der Waals surface area contributed by atoms with Crippen molar-refractivity contribution in [1.82, 2.24) is 20.2 Å². The number of esters is 1. The lowest BCUT2D eigenvalue weighted by Gasteiger charge is -2.06. The average molecular weight is 561 g/mol. The zero-order valence-corrected chi connectivity index (χ0v) is 25.1. The van der Waals surface area contributed by atoms with Gasteiger partial charge in [-0.2, -0.15) is 4.80 Å². The molecule has 0 atom stereocenters. The maximum atomic E-state index is 12.3. The lowest BCUT2D eigenvalue weighted by atomic mass is 10.1. The van der Waals surface area contributed by atoms with Crippen LogP contribution in [0.1, 0.15) is 109 Å². The van der Waals surface area contributed by atoms with Crippen LogP contribution in [-0.4, -0.2) is 32.8 Å². The van der Waals surface area contributed by atoms with Gasteiger partial charge < -0.3 is 9.47 Å². The quantitative estimate of drug-likeness (QED) is 0.0560. The van der Waals surface area contributed by atoms with Gasteiger partial charge in [0.05, 0.1) is 13.2 Å². The van der Waals surface area contributed by atoms with E-state index in [0.717, 1.165) is 42.9 Å². The van der Waals surface area contributed by atoms with Crippen molar-refractivity contribution in [3.8, 4) is 22.9 Å². The van der Waals surface area contributed by atoms with Crippen LogP contribution in [0.15, 0.2) is 54.6 Å². The van der Waals surface area contributed by atoms with Gasteiger partial charge in [0.25, 0.3) is 0 Å². The lowest BCUT2D eigenvalue weighted by Crippen LogP contribution is -2.03. The molecule has 7 nitrogen and oxygen atoms in total. The molecule has 0 aliphatic rings. The summed E-state index contributed by atoms with van der Waals surface area (Å²) in [7, 11) is 0. The number of carbonyl (C=O) groups is 1. The molecule has 41 heavy (non-hydrogen) atoms. The van der Waals surface area contributed by atoms with Gasteiger partial charge in [-0.25, -0.2) is 4.79 Å². The summed E-state index contributed by atoms with van der Waals surface area (Å²) in [5.41, 5.74) is 1.74.